The van der Waals surface area contributed by atoms with Crippen molar-refractivity contribution in [1.29, 1.82) is 0 Å². The van der Waals surface area contributed by atoms with Gasteiger partial charge in [0.2, 0.25) is 0 Å². The fraction of sp³-hybridized carbons (Fsp3) is 0.480. The third-order valence-electron chi connectivity index (χ3n) is 6.71. The maximum Gasteiger partial charge on any atom is 0.335 e. The van der Waals surface area contributed by atoms with Gasteiger partial charge in [-0.15, -0.1) is 0 Å². The van der Waals surface area contributed by atoms with Crippen molar-refractivity contribution in [3.63, 3.8) is 0 Å². The molecule has 0 saturated heterocycles. The maximum absolute atomic E-state index is 11.5. The lowest BCUT2D eigenvalue weighted by molar-refractivity contribution is 0.0696. The lowest BCUT2D eigenvalue weighted by Gasteiger charge is -2.38. The molecule has 2 aliphatic rings. The molecule has 1 fully saturated rings. The normalized spacial score (nSPS) is 22.7. The molecule has 0 amide bonds. The minimum Gasteiger partial charge on any atom is -0.493 e. The minimum absolute atomic E-state index is 0.221. The number of carbonyl (C=O) groups is 1. The number of ether oxygens (including phenoxy) is 1. The molecule has 0 bridgehead atoms. The van der Waals surface area contributed by atoms with Gasteiger partial charge >= 0.3 is 5.97 Å². The molecule has 0 radical (unpaired) electrons. The summed E-state index contributed by atoms with van der Waals surface area (Å²) < 4.78 is 5.98. The molecule has 1 saturated carbocycles. The Hall–Kier alpha value is -2.49. The van der Waals surface area contributed by atoms with Crippen LogP contribution < -0.4 is 10.1 Å². The first-order chi connectivity index (χ1) is 13.9. The van der Waals surface area contributed by atoms with Crippen molar-refractivity contribution in [2.75, 3.05) is 11.9 Å². The number of aromatic carboxylic acids is 1. The van der Waals surface area contributed by atoms with Crippen LogP contribution >= 0.6 is 0 Å². The molecule has 3 atom stereocenters. The summed E-state index contributed by atoms with van der Waals surface area (Å²) in [7, 11) is 0. The largest absolute Gasteiger partial charge is 0.493 e. The van der Waals surface area contributed by atoms with E-state index < -0.39 is 5.97 Å². The summed E-state index contributed by atoms with van der Waals surface area (Å²) in [5.74, 6) is 1.66. The summed E-state index contributed by atoms with van der Waals surface area (Å²) in [6, 6.07) is 10.5. The van der Waals surface area contributed by atoms with Gasteiger partial charge in [0.25, 0.3) is 0 Å². The molecule has 29 heavy (non-hydrogen) atoms. The fourth-order valence-electron chi connectivity index (χ4n) is 5.10. The van der Waals surface area contributed by atoms with E-state index in [1.807, 2.05) is 13.0 Å². The van der Waals surface area contributed by atoms with Gasteiger partial charge in [0.05, 0.1) is 18.2 Å². The Morgan fingerprint density at radius 3 is 2.66 bits per heavy atom. The van der Waals surface area contributed by atoms with E-state index in [0.717, 1.165) is 23.5 Å². The van der Waals surface area contributed by atoms with Crippen molar-refractivity contribution in [1.82, 2.24) is 0 Å². The van der Waals surface area contributed by atoms with Crippen LogP contribution in [-0.2, 0) is 0 Å². The molecular formula is C25H31NO3. The van der Waals surface area contributed by atoms with Crippen LogP contribution in [0.2, 0.25) is 0 Å². The molecule has 1 aliphatic heterocycles. The van der Waals surface area contributed by atoms with E-state index in [2.05, 4.69) is 44.3 Å². The minimum atomic E-state index is -0.855. The van der Waals surface area contributed by atoms with Crippen LogP contribution in [0.1, 0.15) is 77.7 Å². The summed E-state index contributed by atoms with van der Waals surface area (Å²) in [5, 5.41) is 13.2. The second-order valence-electron chi connectivity index (χ2n) is 9.03. The highest BCUT2D eigenvalue weighted by Gasteiger charge is 2.41. The molecule has 0 aromatic heterocycles. The van der Waals surface area contributed by atoms with Crippen molar-refractivity contribution in [3.05, 3.63) is 58.1 Å². The summed E-state index contributed by atoms with van der Waals surface area (Å²) in [4.78, 5) is 11.5. The molecular weight excluding hydrogens is 362 g/mol. The Bertz CT molecular complexity index is 934. The number of nitrogens with one attached hydrogen (secondary N) is 1. The average Bonchev–Trinajstić information content (AvgIpc) is 3.18. The van der Waals surface area contributed by atoms with E-state index in [1.54, 1.807) is 6.07 Å². The monoisotopic (exact) mass is 393 g/mol. The SMILES string of the molecule is Cc1c(C(=O)O)ccc([C@@H]2Nc3ccc(OCC(C)C)cc3[C@@H]3CCC[C@@H]32)c1C. The van der Waals surface area contributed by atoms with Crippen molar-refractivity contribution in [2.45, 2.75) is 58.9 Å². The second-order valence-corrected chi connectivity index (χ2v) is 9.03. The van der Waals surface area contributed by atoms with E-state index in [1.165, 1.54) is 36.1 Å². The number of rotatable bonds is 5. The zero-order valence-electron chi connectivity index (χ0n) is 17.8. The van der Waals surface area contributed by atoms with Crippen molar-refractivity contribution in [3.8, 4) is 5.75 Å². The Morgan fingerprint density at radius 2 is 1.93 bits per heavy atom. The van der Waals surface area contributed by atoms with Crippen molar-refractivity contribution in [2.24, 2.45) is 11.8 Å². The molecule has 2 aromatic rings. The molecule has 4 nitrogen and oxygen atoms in total. The van der Waals surface area contributed by atoms with Crippen LogP contribution in [0, 0.1) is 25.7 Å². The Balaban J connectivity index is 1.69. The molecule has 2 N–H and O–H groups in total. The van der Waals surface area contributed by atoms with Crippen LogP contribution in [0.3, 0.4) is 0 Å². The second kappa shape index (κ2) is 7.74. The van der Waals surface area contributed by atoms with Gasteiger partial charge in [0, 0.05) is 5.69 Å². The number of carboxylic acid groups (broad SMARTS) is 1. The van der Waals surface area contributed by atoms with Gasteiger partial charge in [-0.25, -0.2) is 4.79 Å². The molecule has 4 rings (SSSR count). The molecule has 0 spiro atoms. The highest BCUT2D eigenvalue weighted by molar-refractivity contribution is 5.90. The van der Waals surface area contributed by atoms with Gasteiger partial charge in [0.15, 0.2) is 0 Å². The number of fused-ring (bicyclic) bond motifs is 3. The van der Waals surface area contributed by atoms with Gasteiger partial charge in [-0.2, -0.15) is 0 Å². The fourth-order valence-corrected chi connectivity index (χ4v) is 5.10. The van der Waals surface area contributed by atoms with E-state index in [0.29, 0.717) is 23.3 Å². The van der Waals surface area contributed by atoms with E-state index in [4.69, 9.17) is 4.74 Å². The zero-order valence-corrected chi connectivity index (χ0v) is 17.8. The third kappa shape index (κ3) is 3.61. The quantitative estimate of drug-likeness (QED) is 0.646. The predicted molar refractivity (Wildman–Crippen MR) is 116 cm³/mol. The Labute approximate surface area is 173 Å². The van der Waals surface area contributed by atoms with Gasteiger partial charge in [-0.05, 0) is 91.0 Å². The lowest BCUT2D eigenvalue weighted by Crippen LogP contribution is -2.29. The summed E-state index contributed by atoms with van der Waals surface area (Å²) in [5.41, 5.74) is 6.16. The molecule has 1 aliphatic carbocycles. The first-order valence-corrected chi connectivity index (χ1v) is 10.7. The first kappa shape index (κ1) is 19.8. The van der Waals surface area contributed by atoms with E-state index >= 15 is 0 Å². The van der Waals surface area contributed by atoms with Crippen LogP contribution in [0.5, 0.6) is 5.75 Å². The topological polar surface area (TPSA) is 58.6 Å². The first-order valence-electron chi connectivity index (χ1n) is 10.7. The standard InChI is InChI=1S/C25H31NO3/c1-14(2)13-29-17-8-11-23-22(12-17)20-6-5-7-21(20)24(26-23)18-9-10-19(25(27)28)16(4)15(18)3/h8-12,14,20-21,24,26H,5-7,13H2,1-4H3,(H,27,28)/t20-,21+,24+/m1/s1. The van der Waals surface area contributed by atoms with Gasteiger partial charge in [-0.1, -0.05) is 26.3 Å². The Kier molecular flexibility index (Phi) is 5.28. The maximum atomic E-state index is 11.5. The Morgan fingerprint density at radius 1 is 1.14 bits per heavy atom. The highest BCUT2D eigenvalue weighted by Crippen LogP contribution is 2.53. The van der Waals surface area contributed by atoms with Gasteiger partial charge in [-0.3, -0.25) is 0 Å². The van der Waals surface area contributed by atoms with Crippen LogP contribution in [0.4, 0.5) is 5.69 Å². The number of anilines is 1. The zero-order chi connectivity index (χ0) is 20.7. The molecule has 2 aromatic carbocycles. The van der Waals surface area contributed by atoms with E-state index in [-0.39, 0.29) is 6.04 Å². The molecule has 0 unspecified atom stereocenters. The predicted octanol–water partition coefficient (Wildman–Crippen LogP) is 6.09. The number of hydrogen-bond donors (Lipinski definition) is 2. The smallest absolute Gasteiger partial charge is 0.335 e. The summed E-state index contributed by atoms with van der Waals surface area (Å²) in [6.07, 6.45) is 3.63. The third-order valence-corrected chi connectivity index (χ3v) is 6.71. The van der Waals surface area contributed by atoms with Crippen LogP contribution in [-0.4, -0.2) is 17.7 Å². The summed E-state index contributed by atoms with van der Waals surface area (Å²) >= 11 is 0. The average molecular weight is 394 g/mol. The van der Waals surface area contributed by atoms with Gasteiger partial charge in [0.1, 0.15) is 5.75 Å². The van der Waals surface area contributed by atoms with Crippen molar-refractivity contribution >= 4 is 11.7 Å². The van der Waals surface area contributed by atoms with Crippen molar-refractivity contribution < 1.29 is 14.6 Å². The molecule has 1 heterocycles. The number of benzene rings is 2. The van der Waals surface area contributed by atoms with Crippen LogP contribution in [0.15, 0.2) is 30.3 Å². The number of carboxylic acids is 1. The molecule has 4 heteroatoms. The molecule has 154 valence electrons. The highest BCUT2D eigenvalue weighted by atomic mass is 16.5. The lowest BCUT2D eigenvalue weighted by atomic mass is 9.76. The number of hydrogen-bond acceptors (Lipinski definition) is 3. The van der Waals surface area contributed by atoms with Gasteiger partial charge < -0.3 is 15.2 Å². The summed E-state index contributed by atoms with van der Waals surface area (Å²) in [6.45, 7) is 9.04. The van der Waals surface area contributed by atoms with Crippen LogP contribution in [0.25, 0.3) is 0 Å². The van der Waals surface area contributed by atoms with E-state index in [9.17, 15) is 9.90 Å².